The third-order valence-electron chi connectivity index (χ3n) is 4.37. The van der Waals surface area contributed by atoms with E-state index in [9.17, 15) is 4.79 Å². The second-order valence-corrected chi connectivity index (χ2v) is 7.08. The van der Waals surface area contributed by atoms with Crippen molar-refractivity contribution in [3.05, 3.63) is 88.4 Å². The molecular formula is C22H17BrN2O. The zero-order valence-electron chi connectivity index (χ0n) is 14.2. The molecule has 0 aliphatic carbocycles. The average Bonchev–Trinajstić information content (AvgIpc) is 3.00. The zero-order valence-corrected chi connectivity index (χ0v) is 15.8. The highest BCUT2D eigenvalue weighted by Crippen LogP contribution is 2.36. The summed E-state index contributed by atoms with van der Waals surface area (Å²) in [5, 5.41) is 4.12. The molecule has 0 aliphatic heterocycles. The lowest BCUT2D eigenvalue weighted by atomic mass is 10.1. The number of hydrogen-bond donors (Lipinski definition) is 2. The third-order valence-corrected chi connectivity index (χ3v) is 5.07. The second kappa shape index (κ2) is 6.81. The number of nitrogens with one attached hydrogen (secondary N) is 2. The van der Waals surface area contributed by atoms with E-state index in [0.717, 1.165) is 37.9 Å². The van der Waals surface area contributed by atoms with Crippen molar-refractivity contribution in [3.63, 3.8) is 0 Å². The molecule has 4 heteroatoms. The van der Waals surface area contributed by atoms with Crippen LogP contribution in [-0.4, -0.2) is 10.9 Å². The van der Waals surface area contributed by atoms with Crippen molar-refractivity contribution in [2.45, 2.75) is 6.92 Å². The van der Waals surface area contributed by atoms with Crippen molar-refractivity contribution in [3.8, 4) is 11.3 Å². The Bertz CT molecular complexity index is 1100. The van der Waals surface area contributed by atoms with Crippen LogP contribution in [0.15, 0.2) is 77.3 Å². The van der Waals surface area contributed by atoms with E-state index in [1.54, 1.807) is 0 Å². The van der Waals surface area contributed by atoms with Crippen LogP contribution >= 0.6 is 15.9 Å². The van der Waals surface area contributed by atoms with Gasteiger partial charge in [-0.25, -0.2) is 0 Å². The Morgan fingerprint density at radius 3 is 2.46 bits per heavy atom. The van der Waals surface area contributed by atoms with Crippen LogP contribution in [0.25, 0.3) is 22.2 Å². The molecule has 1 amide bonds. The van der Waals surface area contributed by atoms with Gasteiger partial charge in [-0.05, 0) is 47.1 Å². The van der Waals surface area contributed by atoms with E-state index < -0.39 is 0 Å². The fraction of sp³-hybridized carbons (Fsp3) is 0.0455. The summed E-state index contributed by atoms with van der Waals surface area (Å²) < 4.78 is 0.773. The number of carbonyl (C=O) groups excluding carboxylic acids is 1. The smallest absolute Gasteiger partial charge is 0.256 e. The standard InChI is InChI=1S/C22H17BrN2O/c1-14-11-12-19-17(13-14)21(20(24-19)15-7-3-2-4-8-15)25-22(26)16-9-5-6-10-18(16)23/h2-13,24H,1H3,(H,25,26). The fourth-order valence-electron chi connectivity index (χ4n) is 3.08. The predicted octanol–water partition coefficient (Wildman–Crippen LogP) is 6.16. The molecule has 0 radical (unpaired) electrons. The van der Waals surface area contributed by atoms with E-state index in [4.69, 9.17) is 0 Å². The van der Waals surface area contributed by atoms with Gasteiger partial charge >= 0.3 is 0 Å². The van der Waals surface area contributed by atoms with Crippen molar-refractivity contribution >= 4 is 38.4 Å². The number of aromatic amines is 1. The number of hydrogen-bond acceptors (Lipinski definition) is 1. The van der Waals surface area contributed by atoms with Gasteiger partial charge < -0.3 is 10.3 Å². The van der Waals surface area contributed by atoms with Gasteiger partial charge in [-0.3, -0.25) is 4.79 Å². The molecular weight excluding hydrogens is 388 g/mol. The number of carbonyl (C=O) groups is 1. The Labute approximate surface area is 160 Å². The minimum absolute atomic E-state index is 0.142. The number of aromatic nitrogens is 1. The summed E-state index contributed by atoms with van der Waals surface area (Å²) in [4.78, 5) is 16.3. The normalized spacial score (nSPS) is 10.8. The van der Waals surface area contributed by atoms with E-state index in [-0.39, 0.29) is 5.91 Å². The van der Waals surface area contributed by atoms with Crippen molar-refractivity contribution in [2.24, 2.45) is 0 Å². The van der Waals surface area contributed by atoms with Crippen LogP contribution in [0.3, 0.4) is 0 Å². The molecule has 4 rings (SSSR count). The van der Waals surface area contributed by atoms with E-state index >= 15 is 0 Å². The van der Waals surface area contributed by atoms with E-state index in [1.165, 1.54) is 0 Å². The summed E-state index contributed by atoms with van der Waals surface area (Å²) in [5.74, 6) is -0.142. The first-order valence-corrected chi connectivity index (χ1v) is 9.16. The first-order valence-electron chi connectivity index (χ1n) is 8.37. The second-order valence-electron chi connectivity index (χ2n) is 6.22. The van der Waals surface area contributed by atoms with Gasteiger partial charge in [0.15, 0.2) is 0 Å². The highest BCUT2D eigenvalue weighted by Gasteiger charge is 2.17. The Morgan fingerprint density at radius 1 is 0.962 bits per heavy atom. The van der Waals surface area contributed by atoms with Gasteiger partial charge in [0.05, 0.1) is 16.9 Å². The van der Waals surface area contributed by atoms with Crippen LogP contribution in [0.5, 0.6) is 0 Å². The SMILES string of the molecule is Cc1ccc2[nH]c(-c3ccccc3)c(NC(=O)c3ccccc3Br)c2c1. The largest absolute Gasteiger partial charge is 0.353 e. The molecule has 0 aliphatic rings. The number of H-pyrrole nitrogens is 1. The number of rotatable bonds is 3. The van der Waals surface area contributed by atoms with Gasteiger partial charge in [-0.1, -0.05) is 54.1 Å². The first-order chi connectivity index (χ1) is 12.6. The first kappa shape index (κ1) is 16.6. The molecule has 4 aromatic rings. The van der Waals surface area contributed by atoms with E-state index in [0.29, 0.717) is 5.56 Å². The van der Waals surface area contributed by atoms with Crippen molar-refractivity contribution in [2.75, 3.05) is 5.32 Å². The van der Waals surface area contributed by atoms with Crippen LogP contribution in [-0.2, 0) is 0 Å². The summed E-state index contributed by atoms with van der Waals surface area (Å²) in [7, 11) is 0. The minimum Gasteiger partial charge on any atom is -0.353 e. The Morgan fingerprint density at radius 2 is 1.69 bits per heavy atom. The monoisotopic (exact) mass is 404 g/mol. The zero-order chi connectivity index (χ0) is 18.1. The van der Waals surface area contributed by atoms with Gasteiger partial charge in [-0.2, -0.15) is 0 Å². The predicted molar refractivity (Wildman–Crippen MR) is 111 cm³/mol. The summed E-state index contributed by atoms with van der Waals surface area (Å²) in [5.41, 5.74) is 5.49. The molecule has 0 saturated carbocycles. The van der Waals surface area contributed by atoms with Gasteiger partial charge in [0, 0.05) is 20.9 Å². The summed E-state index contributed by atoms with van der Waals surface area (Å²) in [6, 6.07) is 23.7. The third kappa shape index (κ3) is 3.04. The average molecular weight is 405 g/mol. The molecule has 3 aromatic carbocycles. The van der Waals surface area contributed by atoms with Crippen LogP contribution in [0.2, 0.25) is 0 Å². The maximum Gasteiger partial charge on any atom is 0.256 e. The molecule has 0 spiro atoms. The lowest BCUT2D eigenvalue weighted by Gasteiger charge is -2.09. The fourth-order valence-corrected chi connectivity index (χ4v) is 3.55. The highest BCUT2D eigenvalue weighted by atomic mass is 79.9. The number of fused-ring (bicyclic) bond motifs is 1. The maximum absolute atomic E-state index is 12.9. The van der Waals surface area contributed by atoms with Crippen LogP contribution in [0, 0.1) is 6.92 Å². The lowest BCUT2D eigenvalue weighted by Crippen LogP contribution is -2.12. The van der Waals surface area contributed by atoms with Crippen molar-refractivity contribution in [1.29, 1.82) is 0 Å². The summed E-state index contributed by atoms with van der Waals surface area (Å²) in [6.45, 7) is 2.05. The van der Waals surface area contributed by atoms with E-state index in [2.05, 4.69) is 38.4 Å². The number of halogens is 1. The molecule has 0 saturated heterocycles. The minimum atomic E-state index is -0.142. The molecule has 26 heavy (non-hydrogen) atoms. The molecule has 0 fully saturated rings. The number of aryl methyl sites for hydroxylation is 1. The molecule has 128 valence electrons. The Kier molecular flexibility index (Phi) is 4.35. The topological polar surface area (TPSA) is 44.9 Å². The van der Waals surface area contributed by atoms with Gasteiger partial charge in [0.25, 0.3) is 5.91 Å². The van der Waals surface area contributed by atoms with Gasteiger partial charge in [-0.15, -0.1) is 0 Å². The van der Waals surface area contributed by atoms with E-state index in [1.807, 2.05) is 67.6 Å². The number of benzene rings is 3. The maximum atomic E-state index is 12.9. The Balaban J connectivity index is 1.86. The molecule has 0 unspecified atom stereocenters. The number of amides is 1. The molecule has 1 heterocycles. The van der Waals surface area contributed by atoms with Gasteiger partial charge in [0.1, 0.15) is 0 Å². The quantitative estimate of drug-likeness (QED) is 0.421. The molecule has 3 nitrogen and oxygen atoms in total. The lowest BCUT2D eigenvalue weighted by molar-refractivity contribution is 0.102. The van der Waals surface area contributed by atoms with Crippen LogP contribution in [0.4, 0.5) is 5.69 Å². The van der Waals surface area contributed by atoms with Crippen molar-refractivity contribution in [1.82, 2.24) is 4.98 Å². The Hall–Kier alpha value is -2.85. The molecule has 0 atom stereocenters. The highest BCUT2D eigenvalue weighted by molar-refractivity contribution is 9.10. The summed E-state index contributed by atoms with van der Waals surface area (Å²) >= 11 is 3.46. The molecule has 2 N–H and O–H groups in total. The molecule has 0 bridgehead atoms. The van der Waals surface area contributed by atoms with Gasteiger partial charge in [0.2, 0.25) is 0 Å². The number of anilines is 1. The van der Waals surface area contributed by atoms with Crippen LogP contribution < -0.4 is 5.32 Å². The molecule has 1 aromatic heterocycles. The van der Waals surface area contributed by atoms with Crippen molar-refractivity contribution < 1.29 is 4.79 Å². The van der Waals surface area contributed by atoms with Crippen LogP contribution in [0.1, 0.15) is 15.9 Å². The summed E-state index contributed by atoms with van der Waals surface area (Å²) in [6.07, 6.45) is 0.